The van der Waals surface area contributed by atoms with Crippen molar-refractivity contribution in [3.8, 4) is 0 Å². The van der Waals surface area contributed by atoms with E-state index >= 15 is 0 Å². The molecule has 0 amide bonds. The monoisotopic (exact) mass is 1140 g/mol. The Labute approximate surface area is 507 Å². The van der Waals surface area contributed by atoms with Crippen molar-refractivity contribution in [1.29, 1.82) is 0 Å². The van der Waals surface area contributed by atoms with Crippen LogP contribution in [-0.4, -0.2) is 37.2 Å². The fourth-order valence-electron chi connectivity index (χ4n) is 9.63. The number of esters is 3. The number of ether oxygens (including phenoxy) is 3. The van der Waals surface area contributed by atoms with Gasteiger partial charge >= 0.3 is 17.9 Å². The third kappa shape index (κ3) is 66.6. The minimum atomic E-state index is -0.812. The highest BCUT2D eigenvalue weighted by Gasteiger charge is 2.19. The first-order valence-corrected chi connectivity index (χ1v) is 34.5. The van der Waals surface area contributed by atoms with E-state index in [2.05, 4.69) is 142 Å². The number of allylic oxidation sites excluding steroid dienone is 20. The van der Waals surface area contributed by atoms with Gasteiger partial charge in [-0.2, -0.15) is 0 Å². The van der Waals surface area contributed by atoms with Crippen LogP contribution in [-0.2, 0) is 28.6 Å². The van der Waals surface area contributed by atoms with Crippen LogP contribution < -0.4 is 0 Å². The minimum Gasteiger partial charge on any atom is -0.462 e. The van der Waals surface area contributed by atoms with Crippen molar-refractivity contribution in [2.75, 3.05) is 13.2 Å². The third-order valence-electron chi connectivity index (χ3n) is 14.7. The quantitative estimate of drug-likeness (QED) is 0.0261. The molecule has 6 heteroatoms. The van der Waals surface area contributed by atoms with Gasteiger partial charge in [-0.05, 0) is 103 Å². The molecule has 0 saturated heterocycles. The summed E-state index contributed by atoms with van der Waals surface area (Å²) < 4.78 is 16.9. The fraction of sp³-hybridized carbons (Fsp3) is 0.697. The second-order valence-electron chi connectivity index (χ2n) is 22.7. The van der Waals surface area contributed by atoms with Gasteiger partial charge in [0.15, 0.2) is 6.10 Å². The Morgan fingerprint density at radius 3 is 0.793 bits per heavy atom. The van der Waals surface area contributed by atoms with Gasteiger partial charge < -0.3 is 14.2 Å². The van der Waals surface area contributed by atoms with Gasteiger partial charge in [-0.15, -0.1) is 0 Å². The first-order valence-electron chi connectivity index (χ1n) is 34.5. The van der Waals surface area contributed by atoms with E-state index in [9.17, 15) is 14.4 Å². The summed E-state index contributed by atoms with van der Waals surface area (Å²) in [5.41, 5.74) is 0. The van der Waals surface area contributed by atoms with Crippen LogP contribution in [0.2, 0.25) is 0 Å². The molecule has 0 heterocycles. The molecular formula is C76H128O6. The van der Waals surface area contributed by atoms with Crippen LogP contribution in [0.3, 0.4) is 0 Å². The number of unbranched alkanes of at least 4 members (excludes halogenated alkanes) is 31. The van der Waals surface area contributed by atoms with E-state index in [0.717, 1.165) is 122 Å². The van der Waals surface area contributed by atoms with Gasteiger partial charge in [-0.25, -0.2) is 0 Å². The van der Waals surface area contributed by atoms with Crippen molar-refractivity contribution in [2.24, 2.45) is 0 Å². The smallest absolute Gasteiger partial charge is 0.306 e. The van der Waals surface area contributed by atoms with E-state index in [1.807, 2.05) is 0 Å². The normalized spacial score (nSPS) is 12.9. The van der Waals surface area contributed by atoms with E-state index in [0.29, 0.717) is 19.3 Å². The standard InChI is InChI=1S/C76H128O6/c1-4-7-10-13-16-19-22-25-28-31-33-35-37-39-40-42-45-48-51-54-57-60-63-66-69-75(78)81-72-73(71-80-74(77)68-65-62-59-56-53-50-47-44-30-27-24-21-18-15-12-9-6-3)82-76(79)70-67-64-61-58-55-52-49-46-43-41-38-36-34-32-29-26-23-20-17-14-11-8-5-2/h8-9,11-12,17-18,20-21,26-27,29-30,34,36,41,43,47,50,56,59,73H,4-7,10,13-16,19,22-25,28,31-33,35,37-40,42,44-46,48-49,51-55,57-58,60-72H2,1-3H3/b11-8-,12-9-,20-17-,21-18-,29-26-,30-27-,36-34-,43-41-,50-47-,59-56-. The van der Waals surface area contributed by atoms with Gasteiger partial charge in [-0.3, -0.25) is 14.4 Å². The molecule has 0 aliphatic heterocycles. The molecule has 0 aromatic rings. The molecule has 6 nitrogen and oxygen atoms in total. The zero-order valence-corrected chi connectivity index (χ0v) is 53.7. The van der Waals surface area contributed by atoms with E-state index in [1.165, 1.54) is 154 Å². The van der Waals surface area contributed by atoms with Gasteiger partial charge in [0.05, 0.1) is 0 Å². The number of hydrogen-bond donors (Lipinski definition) is 0. The van der Waals surface area contributed by atoms with Crippen LogP contribution in [0.1, 0.15) is 323 Å². The highest BCUT2D eigenvalue weighted by atomic mass is 16.6. The molecule has 0 bridgehead atoms. The lowest BCUT2D eigenvalue weighted by atomic mass is 10.0. The lowest BCUT2D eigenvalue weighted by molar-refractivity contribution is -0.167. The maximum atomic E-state index is 13.0. The molecule has 0 aliphatic carbocycles. The predicted octanol–water partition coefficient (Wildman–Crippen LogP) is 23.9. The average Bonchev–Trinajstić information content (AvgIpc) is 3.47. The summed E-state index contributed by atoms with van der Waals surface area (Å²) >= 11 is 0. The minimum absolute atomic E-state index is 0.100. The molecule has 0 saturated carbocycles. The molecule has 1 unspecified atom stereocenters. The Bertz CT molecular complexity index is 1690. The maximum absolute atomic E-state index is 13.0. The molecule has 0 aliphatic rings. The number of carbonyl (C=O) groups excluding carboxylic acids is 3. The lowest BCUT2D eigenvalue weighted by Crippen LogP contribution is -2.30. The first kappa shape index (κ1) is 77.8. The molecule has 1 atom stereocenters. The van der Waals surface area contributed by atoms with Crippen LogP contribution in [0, 0.1) is 0 Å². The van der Waals surface area contributed by atoms with Crippen LogP contribution in [0.15, 0.2) is 122 Å². The number of rotatable bonds is 62. The lowest BCUT2D eigenvalue weighted by Gasteiger charge is -2.18. The molecule has 0 N–H and O–H groups in total. The summed E-state index contributed by atoms with van der Waals surface area (Å²) in [6.45, 7) is 6.39. The second kappa shape index (κ2) is 69.3. The highest BCUT2D eigenvalue weighted by molar-refractivity contribution is 5.71. The van der Waals surface area contributed by atoms with Crippen LogP contribution in [0.4, 0.5) is 0 Å². The molecule has 82 heavy (non-hydrogen) atoms. The van der Waals surface area contributed by atoms with E-state index < -0.39 is 6.10 Å². The fourth-order valence-corrected chi connectivity index (χ4v) is 9.63. The van der Waals surface area contributed by atoms with Gasteiger partial charge in [0.25, 0.3) is 0 Å². The molecule has 0 aromatic carbocycles. The van der Waals surface area contributed by atoms with Crippen LogP contribution >= 0.6 is 0 Å². The van der Waals surface area contributed by atoms with Crippen molar-refractivity contribution in [3.05, 3.63) is 122 Å². The molecule has 0 spiro atoms. The van der Waals surface area contributed by atoms with Crippen molar-refractivity contribution in [1.82, 2.24) is 0 Å². The summed E-state index contributed by atoms with van der Waals surface area (Å²) in [7, 11) is 0. The van der Waals surface area contributed by atoms with Crippen molar-refractivity contribution in [2.45, 2.75) is 329 Å². The Balaban J connectivity index is 4.42. The van der Waals surface area contributed by atoms with E-state index in [4.69, 9.17) is 14.2 Å². The van der Waals surface area contributed by atoms with Gasteiger partial charge in [0.1, 0.15) is 13.2 Å². The molecule has 0 aromatic heterocycles. The van der Waals surface area contributed by atoms with Gasteiger partial charge in [-0.1, -0.05) is 322 Å². The Morgan fingerprint density at radius 2 is 0.488 bits per heavy atom. The van der Waals surface area contributed by atoms with Gasteiger partial charge in [0, 0.05) is 19.3 Å². The van der Waals surface area contributed by atoms with Crippen molar-refractivity contribution < 1.29 is 28.6 Å². The Hall–Kier alpha value is -4.19. The summed E-state index contributed by atoms with van der Waals surface area (Å²) in [4.78, 5) is 38.4. The van der Waals surface area contributed by atoms with Gasteiger partial charge in [0.2, 0.25) is 0 Å². The van der Waals surface area contributed by atoms with Crippen LogP contribution in [0.5, 0.6) is 0 Å². The summed E-state index contributed by atoms with van der Waals surface area (Å²) in [5, 5.41) is 0. The largest absolute Gasteiger partial charge is 0.462 e. The summed E-state index contributed by atoms with van der Waals surface area (Å²) in [6.07, 6.45) is 96.5. The zero-order chi connectivity index (χ0) is 59.2. The third-order valence-corrected chi connectivity index (χ3v) is 14.7. The summed E-state index contributed by atoms with van der Waals surface area (Å²) in [5.74, 6) is -0.962. The molecular weight excluding hydrogens is 1010 g/mol. The second-order valence-corrected chi connectivity index (χ2v) is 22.7. The highest BCUT2D eigenvalue weighted by Crippen LogP contribution is 2.17. The van der Waals surface area contributed by atoms with Crippen LogP contribution in [0.25, 0.3) is 0 Å². The van der Waals surface area contributed by atoms with E-state index in [1.54, 1.807) is 0 Å². The first-order chi connectivity index (χ1) is 40.5. The maximum Gasteiger partial charge on any atom is 0.306 e. The predicted molar refractivity (Wildman–Crippen MR) is 357 cm³/mol. The SMILES string of the molecule is CC/C=C\C/C=C\C/C=C\C/C=C\C/C=C\CCCCCCCCCC(=O)OC(COC(=O)CCC/C=C\C/C=C\C/C=C\C/C=C\C/C=C\CC)COC(=O)CCCCCCCCCCCCCCCCCCCCCCCCCC. The number of hydrogen-bond acceptors (Lipinski definition) is 6. The molecule has 0 fully saturated rings. The van der Waals surface area contributed by atoms with Crippen molar-refractivity contribution in [3.63, 3.8) is 0 Å². The topological polar surface area (TPSA) is 78.9 Å². The number of carbonyl (C=O) groups is 3. The molecule has 0 radical (unpaired) electrons. The Kier molecular flexibility index (Phi) is 65.8. The zero-order valence-electron chi connectivity index (χ0n) is 53.7. The summed E-state index contributed by atoms with van der Waals surface area (Å²) in [6, 6.07) is 0. The average molecular weight is 1140 g/mol. The van der Waals surface area contributed by atoms with E-state index in [-0.39, 0.29) is 37.5 Å². The Morgan fingerprint density at radius 1 is 0.256 bits per heavy atom. The molecule has 468 valence electrons. The van der Waals surface area contributed by atoms with Crippen molar-refractivity contribution >= 4 is 17.9 Å². The molecule has 0 rings (SSSR count).